The van der Waals surface area contributed by atoms with Gasteiger partial charge in [-0.1, -0.05) is 12.1 Å². The summed E-state index contributed by atoms with van der Waals surface area (Å²) < 4.78 is 52.8. The molecule has 0 spiro atoms. The molecule has 88 valence electrons. The van der Waals surface area contributed by atoms with Crippen molar-refractivity contribution in [3.05, 3.63) is 53.6 Å². The molecule has 17 heavy (non-hydrogen) atoms. The average Bonchev–Trinajstić information content (AvgIpc) is 2.28. The van der Waals surface area contributed by atoms with Crippen LogP contribution in [0.25, 0.3) is 11.1 Å². The van der Waals surface area contributed by atoms with Crippen molar-refractivity contribution in [2.24, 2.45) is 0 Å². The topological polar surface area (TPSA) is 26.0 Å². The predicted molar refractivity (Wildman–Crippen MR) is 56.1 cm³/mol. The molecule has 0 fully saturated rings. The van der Waals surface area contributed by atoms with Crippen LogP contribution in [0, 0.1) is 23.3 Å². The quantitative estimate of drug-likeness (QED) is 0.600. The van der Waals surface area contributed by atoms with Crippen LogP contribution in [0.2, 0.25) is 0 Å². The molecule has 0 aromatic heterocycles. The second-order valence-corrected chi connectivity index (χ2v) is 3.45. The summed E-state index contributed by atoms with van der Waals surface area (Å²) in [6.45, 7) is 0. The average molecular weight is 241 g/mol. The van der Waals surface area contributed by atoms with E-state index in [1.807, 2.05) is 0 Å². The molecule has 2 N–H and O–H groups in total. The van der Waals surface area contributed by atoms with Crippen LogP contribution in [0.4, 0.5) is 23.2 Å². The molecule has 0 saturated heterocycles. The summed E-state index contributed by atoms with van der Waals surface area (Å²) in [5.74, 6) is -4.24. The Morgan fingerprint density at radius 2 is 1.47 bits per heavy atom. The van der Waals surface area contributed by atoms with Crippen LogP contribution < -0.4 is 5.73 Å². The Labute approximate surface area is 94.5 Å². The number of hydrogen-bond acceptors (Lipinski definition) is 1. The summed E-state index contributed by atoms with van der Waals surface area (Å²) in [5, 5.41) is 0. The number of anilines is 1. The van der Waals surface area contributed by atoms with E-state index in [-0.39, 0.29) is 16.8 Å². The minimum atomic E-state index is -1.20. The van der Waals surface area contributed by atoms with Gasteiger partial charge in [-0.25, -0.2) is 17.6 Å². The first-order valence-electron chi connectivity index (χ1n) is 4.69. The highest BCUT2D eigenvalue weighted by Crippen LogP contribution is 2.29. The first-order valence-corrected chi connectivity index (χ1v) is 4.69. The normalized spacial score (nSPS) is 10.6. The van der Waals surface area contributed by atoms with Crippen molar-refractivity contribution >= 4 is 5.69 Å². The van der Waals surface area contributed by atoms with Crippen LogP contribution >= 0.6 is 0 Å². The van der Waals surface area contributed by atoms with Gasteiger partial charge >= 0.3 is 0 Å². The van der Waals surface area contributed by atoms with Crippen molar-refractivity contribution in [3.63, 3.8) is 0 Å². The van der Waals surface area contributed by atoms with E-state index < -0.39 is 23.3 Å². The lowest BCUT2D eigenvalue weighted by atomic mass is 10.0. The third-order valence-corrected chi connectivity index (χ3v) is 2.33. The second kappa shape index (κ2) is 4.08. The van der Waals surface area contributed by atoms with Crippen LogP contribution in [0.1, 0.15) is 0 Å². The van der Waals surface area contributed by atoms with Crippen LogP contribution in [0.5, 0.6) is 0 Å². The van der Waals surface area contributed by atoms with E-state index in [0.29, 0.717) is 6.07 Å². The summed E-state index contributed by atoms with van der Waals surface area (Å²) in [5.41, 5.74) is 4.35. The van der Waals surface area contributed by atoms with Gasteiger partial charge in [-0.05, 0) is 12.1 Å². The molecular formula is C12H7F4N. The number of nitrogens with two attached hydrogens (primary N) is 1. The maximum absolute atomic E-state index is 13.4. The molecule has 2 aromatic rings. The summed E-state index contributed by atoms with van der Waals surface area (Å²) in [6.07, 6.45) is 0. The van der Waals surface area contributed by atoms with Crippen LogP contribution in [0.15, 0.2) is 30.3 Å². The smallest absolute Gasteiger partial charge is 0.166 e. The fourth-order valence-electron chi connectivity index (χ4n) is 1.48. The monoisotopic (exact) mass is 241 g/mol. The minimum Gasteiger partial charge on any atom is -0.396 e. The van der Waals surface area contributed by atoms with Gasteiger partial charge in [-0.2, -0.15) is 0 Å². The summed E-state index contributed by atoms with van der Waals surface area (Å²) in [7, 11) is 0. The van der Waals surface area contributed by atoms with E-state index in [2.05, 4.69) is 0 Å². The lowest BCUT2D eigenvalue weighted by Crippen LogP contribution is -1.97. The third kappa shape index (κ3) is 1.95. The van der Waals surface area contributed by atoms with E-state index in [9.17, 15) is 17.6 Å². The van der Waals surface area contributed by atoms with Gasteiger partial charge in [-0.3, -0.25) is 0 Å². The molecule has 0 saturated carbocycles. The van der Waals surface area contributed by atoms with E-state index in [4.69, 9.17) is 5.73 Å². The van der Waals surface area contributed by atoms with Crippen LogP contribution in [-0.4, -0.2) is 0 Å². The van der Waals surface area contributed by atoms with Gasteiger partial charge in [0.2, 0.25) is 0 Å². The van der Waals surface area contributed by atoms with Crippen molar-refractivity contribution in [1.29, 1.82) is 0 Å². The maximum atomic E-state index is 13.4. The molecule has 0 heterocycles. The molecule has 2 aromatic carbocycles. The lowest BCUT2D eigenvalue weighted by molar-refractivity contribution is 0.510. The van der Waals surface area contributed by atoms with E-state index in [1.165, 1.54) is 12.1 Å². The Hall–Kier alpha value is -2.04. The second-order valence-electron chi connectivity index (χ2n) is 3.45. The molecule has 1 nitrogen and oxygen atoms in total. The van der Waals surface area contributed by atoms with Gasteiger partial charge in [-0.15, -0.1) is 0 Å². The third-order valence-electron chi connectivity index (χ3n) is 2.33. The van der Waals surface area contributed by atoms with Crippen molar-refractivity contribution in [2.45, 2.75) is 0 Å². The van der Waals surface area contributed by atoms with Crippen molar-refractivity contribution in [3.8, 4) is 11.1 Å². The van der Waals surface area contributed by atoms with Crippen LogP contribution in [0.3, 0.4) is 0 Å². The van der Waals surface area contributed by atoms with Crippen molar-refractivity contribution < 1.29 is 17.6 Å². The lowest BCUT2D eigenvalue weighted by Gasteiger charge is -2.07. The standard InChI is InChI=1S/C12H7F4N/c13-8-3-1-2-6(12(8)16)7-4-11(17)10(15)5-9(7)14/h1-5H,17H2. The molecule has 0 aliphatic carbocycles. The molecule has 0 atom stereocenters. The Morgan fingerprint density at radius 3 is 2.18 bits per heavy atom. The van der Waals surface area contributed by atoms with Gasteiger partial charge in [0.1, 0.15) is 11.6 Å². The number of halogens is 4. The molecule has 0 amide bonds. The van der Waals surface area contributed by atoms with E-state index in [1.54, 1.807) is 0 Å². The molecular weight excluding hydrogens is 234 g/mol. The maximum Gasteiger partial charge on any atom is 0.166 e. The number of rotatable bonds is 1. The molecule has 0 aliphatic heterocycles. The fraction of sp³-hybridized carbons (Fsp3) is 0. The first kappa shape index (κ1) is 11.4. The Bertz CT molecular complexity index is 581. The Kier molecular flexibility index (Phi) is 2.75. The van der Waals surface area contributed by atoms with Gasteiger partial charge in [0.15, 0.2) is 11.6 Å². The summed E-state index contributed by atoms with van der Waals surface area (Å²) in [4.78, 5) is 0. The SMILES string of the molecule is Nc1cc(-c2cccc(F)c2F)c(F)cc1F. The highest BCUT2D eigenvalue weighted by molar-refractivity contribution is 5.68. The summed E-state index contributed by atoms with van der Waals surface area (Å²) in [6, 6.07) is 4.79. The Balaban J connectivity index is 2.69. The fourth-order valence-corrected chi connectivity index (χ4v) is 1.48. The van der Waals surface area contributed by atoms with Crippen molar-refractivity contribution in [2.75, 3.05) is 5.73 Å². The largest absolute Gasteiger partial charge is 0.396 e. The number of hydrogen-bond donors (Lipinski definition) is 1. The molecule has 0 aliphatic rings. The molecule has 5 heteroatoms. The van der Waals surface area contributed by atoms with Gasteiger partial charge < -0.3 is 5.73 Å². The first-order chi connectivity index (χ1) is 8.00. The van der Waals surface area contributed by atoms with E-state index in [0.717, 1.165) is 12.1 Å². The van der Waals surface area contributed by atoms with Gasteiger partial charge in [0.05, 0.1) is 5.69 Å². The van der Waals surface area contributed by atoms with Gasteiger partial charge in [0, 0.05) is 17.2 Å². The zero-order chi connectivity index (χ0) is 12.6. The zero-order valence-electron chi connectivity index (χ0n) is 8.48. The molecule has 0 bridgehead atoms. The zero-order valence-corrected chi connectivity index (χ0v) is 8.48. The van der Waals surface area contributed by atoms with Gasteiger partial charge in [0.25, 0.3) is 0 Å². The Morgan fingerprint density at radius 1 is 0.765 bits per heavy atom. The van der Waals surface area contributed by atoms with Crippen molar-refractivity contribution in [1.82, 2.24) is 0 Å². The summed E-state index contributed by atoms with van der Waals surface area (Å²) >= 11 is 0. The van der Waals surface area contributed by atoms with Crippen LogP contribution in [-0.2, 0) is 0 Å². The minimum absolute atomic E-state index is 0.277. The molecule has 2 rings (SSSR count). The van der Waals surface area contributed by atoms with E-state index >= 15 is 0 Å². The molecule has 0 radical (unpaired) electrons. The highest BCUT2D eigenvalue weighted by atomic mass is 19.2. The number of benzene rings is 2. The number of nitrogen functional groups attached to an aromatic ring is 1. The molecule has 0 unspecified atom stereocenters. The highest BCUT2D eigenvalue weighted by Gasteiger charge is 2.15. The predicted octanol–water partition coefficient (Wildman–Crippen LogP) is 3.49.